The lowest BCUT2D eigenvalue weighted by Crippen LogP contribution is -2.29. The van der Waals surface area contributed by atoms with Crippen LogP contribution in [-0.4, -0.2) is 31.4 Å². The normalized spacial score (nSPS) is 20.0. The predicted octanol–water partition coefficient (Wildman–Crippen LogP) is 2.94. The third kappa shape index (κ3) is 4.51. The van der Waals surface area contributed by atoms with Gasteiger partial charge in [0, 0.05) is 11.1 Å². The van der Waals surface area contributed by atoms with Gasteiger partial charge in [0.1, 0.15) is 12.4 Å². The Labute approximate surface area is 121 Å². The van der Waals surface area contributed by atoms with Crippen molar-refractivity contribution in [2.45, 2.75) is 32.0 Å². The molecule has 0 aromatic heterocycles. The van der Waals surface area contributed by atoms with Crippen molar-refractivity contribution in [1.82, 2.24) is 0 Å². The maximum atomic E-state index is 11.8. The van der Waals surface area contributed by atoms with Gasteiger partial charge in [-0.3, -0.25) is 0 Å². The van der Waals surface area contributed by atoms with Crippen molar-refractivity contribution in [3.8, 4) is 5.75 Å². The molecule has 0 bridgehead atoms. The van der Waals surface area contributed by atoms with E-state index < -0.39 is 6.10 Å². The molecule has 2 rings (SSSR count). The molecular weight excluding hydrogens is 312 g/mol. The van der Waals surface area contributed by atoms with E-state index in [4.69, 9.17) is 14.2 Å². The summed E-state index contributed by atoms with van der Waals surface area (Å²) in [4.78, 5) is 11.8. The first-order chi connectivity index (χ1) is 9.15. The molecule has 0 amide bonds. The first-order valence-electron chi connectivity index (χ1n) is 6.35. The van der Waals surface area contributed by atoms with E-state index in [9.17, 15) is 4.79 Å². The Kier molecular flexibility index (Phi) is 5.22. The Balaban J connectivity index is 1.76. The van der Waals surface area contributed by atoms with Crippen LogP contribution in [0.25, 0.3) is 0 Å². The average molecular weight is 329 g/mol. The van der Waals surface area contributed by atoms with E-state index in [2.05, 4.69) is 15.9 Å². The van der Waals surface area contributed by atoms with Crippen LogP contribution in [0.2, 0.25) is 0 Å². The van der Waals surface area contributed by atoms with Crippen LogP contribution >= 0.6 is 15.9 Å². The Hall–Kier alpha value is -1.07. The van der Waals surface area contributed by atoms with Crippen molar-refractivity contribution in [3.63, 3.8) is 0 Å². The molecular formula is C14H17BrO4. The first-order valence-corrected chi connectivity index (χ1v) is 7.15. The molecule has 104 valence electrons. The Morgan fingerprint density at radius 2 is 2.21 bits per heavy atom. The fourth-order valence-electron chi connectivity index (χ4n) is 1.83. The fraction of sp³-hybridized carbons (Fsp3) is 0.500. The van der Waals surface area contributed by atoms with E-state index in [-0.39, 0.29) is 12.1 Å². The zero-order chi connectivity index (χ0) is 13.7. The van der Waals surface area contributed by atoms with Gasteiger partial charge in [0.15, 0.2) is 6.10 Å². The van der Waals surface area contributed by atoms with Crippen LogP contribution in [0.5, 0.6) is 5.75 Å². The van der Waals surface area contributed by atoms with Crippen LogP contribution in [0.4, 0.5) is 0 Å². The molecule has 1 saturated heterocycles. The van der Waals surface area contributed by atoms with E-state index in [0.29, 0.717) is 12.4 Å². The van der Waals surface area contributed by atoms with Crippen molar-refractivity contribution >= 4 is 21.9 Å². The number of esters is 1. The quantitative estimate of drug-likeness (QED) is 0.779. The Morgan fingerprint density at radius 3 is 2.84 bits per heavy atom. The molecule has 5 heteroatoms. The van der Waals surface area contributed by atoms with Gasteiger partial charge in [-0.2, -0.15) is 0 Å². The lowest BCUT2D eigenvalue weighted by molar-refractivity contribution is -0.154. The number of hydrogen-bond donors (Lipinski definition) is 0. The molecule has 19 heavy (non-hydrogen) atoms. The molecule has 1 heterocycles. The van der Waals surface area contributed by atoms with Crippen LogP contribution in [0.1, 0.15) is 19.8 Å². The second-order valence-electron chi connectivity index (χ2n) is 4.48. The second kappa shape index (κ2) is 6.91. The van der Waals surface area contributed by atoms with Crippen LogP contribution in [0.15, 0.2) is 28.7 Å². The van der Waals surface area contributed by atoms with Crippen LogP contribution in [0.3, 0.4) is 0 Å². The van der Waals surface area contributed by atoms with Crippen molar-refractivity contribution in [2.75, 3.05) is 13.2 Å². The summed E-state index contributed by atoms with van der Waals surface area (Å²) in [5.74, 6) is 0.281. The highest BCUT2D eigenvalue weighted by atomic mass is 79.9. The Bertz CT molecular complexity index is 412. The molecule has 1 fully saturated rings. The van der Waals surface area contributed by atoms with Crippen molar-refractivity contribution < 1.29 is 19.0 Å². The van der Waals surface area contributed by atoms with Crippen molar-refractivity contribution in [1.29, 1.82) is 0 Å². The van der Waals surface area contributed by atoms with Gasteiger partial charge in [0.25, 0.3) is 0 Å². The molecule has 1 aliphatic heterocycles. The molecule has 2 atom stereocenters. The number of carbonyl (C=O) groups is 1. The first kappa shape index (κ1) is 14.3. The summed E-state index contributed by atoms with van der Waals surface area (Å²) in [6.07, 6.45) is 1.41. The van der Waals surface area contributed by atoms with E-state index >= 15 is 0 Å². The molecule has 0 spiro atoms. The van der Waals surface area contributed by atoms with Crippen molar-refractivity contribution in [3.05, 3.63) is 28.7 Å². The molecule has 1 aromatic rings. The molecule has 0 saturated carbocycles. The minimum absolute atomic E-state index is 0.0452. The summed E-state index contributed by atoms with van der Waals surface area (Å²) in [6, 6.07) is 7.32. The fourth-order valence-corrected chi connectivity index (χ4v) is 2.10. The summed E-state index contributed by atoms with van der Waals surface area (Å²) in [5, 5.41) is 0. The minimum atomic E-state index is -0.623. The zero-order valence-electron chi connectivity index (χ0n) is 10.8. The summed E-state index contributed by atoms with van der Waals surface area (Å²) < 4.78 is 17.1. The highest BCUT2D eigenvalue weighted by Gasteiger charge is 2.21. The average Bonchev–Trinajstić information content (AvgIpc) is 2.91. The number of benzene rings is 1. The highest BCUT2D eigenvalue weighted by Crippen LogP contribution is 2.18. The van der Waals surface area contributed by atoms with Gasteiger partial charge in [0.2, 0.25) is 0 Å². The zero-order valence-corrected chi connectivity index (χ0v) is 12.4. The molecule has 0 radical (unpaired) electrons. The molecule has 4 nitrogen and oxygen atoms in total. The van der Waals surface area contributed by atoms with Crippen LogP contribution in [-0.2, 0) is 14.3 Å². The second-order valence-corrected chi connectivity index (χ2v) is 5.39. The monoisotopic (exact) mass is 328 g/mol. The maximum absolute atomic E-state index is 11.8. The van der Waals surface area contributed by atoms with Gasteiger partial charge < -0.3 is 14.2 Å². The molecule has 2 unspecified atom stereocenters. The summed E-state index contributed by atoms with van der Waals surface area (Å²) in [5.41, 5.74) is 0. The van der Waals surface area contributed by atoms with Crippen LogP contribution < -0.4 is 4.74 Å². The molecule has 0 aliphatic carbocycles. The van der Waals surface area contributed by atoms with E-state index in [0.717, 1.165) is 23.9 Å². The smallest absolute Gasteiger partial charge is 0.347 e. The van der Waals surface area contributed by atoms with Gasteiger partial charge in [0.05, 0.1) is 6.10 Å². The topological polar surface area (TPSA) is 44.8 Å². The van der Waals surface area contributed by atoms with Gasteiger partial charge in [-0.15, -0.1) is 0 Å². The van der Waals surface area contributed by atoms with Crippen molar-refractivity contribution in [2.24, 2.45) is 0 Å². The van der Waals surface area contributed by atoms with Crippen LogP contribution in [0, 0.1) is 0 Å². The van der Waals surface area contributed by atoms with E-state index in [1.807, 2.05) is 12.1 Å². The number of hydrogen-bond acceptors (Lipinski definition) is 4. The van der Waals surface area contributed by atoms with E-state index in [1.165, 1.54) is 0 Å². The lowest BCUT2D eigenvalue weighted by atomic mass is 10.2. The standard InChI is InChI=1S/C14H17BrO4/c1-10(19-12-6-4-11(15)5-7-12)14(16)18-9-13-3-2-8-17-13/h4-7,10,13H,2-3,8-9H2,1H3. The van der Waals surface area contributed by atoms with E-state index in [1.54, 1.807) is 19.1 Å². The lowest BCUT2D eigenvalue weighted by Gasteiger charge is -2.15. The van der Waals surface area contributed by atoms with Gasteiger partial charge >= 0.3 is 5.97 Å². The maximum Gasteiger partial charge on any atom is 0.347 e. The number of ether oxygens (including phenoxy) is 3. The number of rotatable bonds is 5. The summed E-state index contributed by atoms with van der Waals surface area (Å²) in [6.45, 7) is 2.75. The van der Waals surface area contributed by atoms with Gasteiger partial charge in [-0.1, -0.05) is 15.9 Å². The molecule has 1 aliphatic rings. The predicted molar refractivity (Wildman–Crippen MR) is 74.2 cm³/mol. The molecule has 1 aromatic carbocycles. The summed E-state index contributed by atoms with van der Waals surface area (Å²) >= 11 is 3.34. The SMILES string of the molecule is CC(Oc1ccc(Br)cc1)C(=O)OCC1CCCO1. The highest BCUT2D eigenvalue weighted by molar-refractivity contribution is 9.10. The summed E-state index contributed by atoms with van der Waals surface area (Å²) in [7, 11) is 0. The third-order valence-electron chi connectivity index (χ3n) is 2.89. The number of carbonyl (C=O) groups excluding carboxylic acids is 1. The Morgan fingerprint density at radius 1 is 1.47 bits per heavy atom. The minimum Gasteiger partial charge on any atom is -0.479 e. The molecule has 0 N–H and O–H groups in total. The number of halogens is 1. The third-order valence-corrected chi connectivity index (χ3v) is 3.42. The largest absolute Gasteiger partial charge is 0.479 e. The van der Waals surface area contributed by atoms with Gasteiger partial charge in [-0.05, 0) is 44.0 Å². The van der Waals surface area contributed by atoms with Gasteiger partial charge in [-0.25, -0.2) is 4.79 Å².